The number of carbonyl (C=O) groups excluding carboxylic acids is 1. The third-order valence-corrected chi connectivity index (χ3v) is 4.49. The van der Waals surface area contributed by atoms with E-state index in [-0.39, 0.29) is 0 Å². The van der Waals surface area contributed by atoms with Crippen molar-refractivity contribution in [1.82, 2.24) is 9.80 Å². The summed E-state index contributed by atoms with van der Waals surface area (Å²) in [5.74, 6) is 1.36. The first kappa shape index (κ1) is 13.0. The van der Waals surface area contributed by atoms with Crippen LogP contribution in [0.25, 0.3) is 0 Å². The fraction of sp³-hybridized carbons (Fsp3) is 0.929. The zero-order valence-corrected chi connectivity index (χ0v) is 11.3. The van der Waals surface area contributed by atoms with Gasteiger partial charge in [-0.25, -0.2) is 0 Å². The van der Waals surface area contributed by atoms with Gasteiger partial charge in [0, 0.05) is 25.4 Å². The smallest absolute Gasteiger partial charge is 0.135 e. The van der Waals surface area contributed by atoms with Crippen molar-refractivity contribution in [3.8, 4) is 0 Å². The summed E-state index contributed by atoms with van der Waals surface area (Å²) in [5, 5.41) is 0. The van der Waals surface area contributed by atoms with Crippen LogP contribution in [-0.2, 0) is 4.79 Å². The van der Waals surface area contributed by atoms with Crippen LogP contribution in [0.15, 0.2) is 0 Å². The summed E-state index contributed by atoms with van der Waals surface area (Å²) in [7, 11) is 2.22. The maximum Gasteiger partial charge on any atom is 0.135 e. The molecule has 2 heterocycles. The minimum absolute atomic E-state index is 0.452. The Labute approximate surface area is 105 Å². The molecule has 0 amide bonds. The molecule has 98 valence electrons. The third-order valence-electron chi connectivity index (χ3n) is 4.49. The predicted molar refractivity (Wildman–Crippen MR) is 70.1 cm³/mol. The second kappa shape index (κ2) is 5.96. The molecule has 3 heteroatoms. The third kappa shape index (κ3) is 3.78. The lowest BCUT2D eigenvalue weighted by molar-refractivity contribution is -0.122. The Kier molecular flexibility index (Phi) is 4.57. The van der Waals surface area contributed by atoms with Crippen molar-refractivity contribution in [1.29, 1.82) is 0 Å². The van der Waals surface area contributed by atoms with E-state index in [0.29, 0.717) is 11.8 Å². The van der Waals surface area contributed by atoms with E-state index in [4.69, 9.17) is 0 Å². The van der Waals surface area contributed by atoms with Crippen LogP contribution in [-0.4, -0.2) is 54.9 Å². The Morgan fingerprint density at radius 3 is 2.59 bits per heavy atom. The summed E-state index contributed by atoms with van der Waals surface area (Å²) in [5.41, 5.74) is 0. The van der Waals surface area contributed by atoms with Crippen LogP contribution in [0.3, 0.4) is 0 Å². The zero-order chi connectivity index (χ0) is 12.3. The van der Waals surface area contributed by atoms with Crippen LogP contribution in [0.4, 0.5) is 0 Å². The van der Waals surface area contributed by atoms with Gasteiger partial charge in [0.25, 0.3) is 0 Å². The Morgan fingerprint density at radius 2 is 1.94 bits per heavy atom. The second-order valence-electron chi connectivity index (χ2n) is 5.91. The van der Waals surface area contributed by atoms with Crippen LogP contribution in [0.1, 0.15) is 39.0 Å². The number of Topliss-reactive ketones (excluding diaryl/α,β-unsaturated/α-hetero) is 1. The lowest BCUT2D eigenvalue weighted by Crippen LogP contribution is -2.42. The van der Waals surface area contributed by atoms with Crippen molar-refractivity contribution in [3.63, 3.8) is 0 Å². The molecule has 0 radical (unpaired) electrons. The van der Waals surface area contributed by atoms with Crippen molar-refractivity contribution < 1.29 is 4.79 Å². The molecule has 1 atom stereocenters. The van der Waals surface area contributed by atoms with Gasteiger partial charge in [-0.1, -0.05) is 0 Å². The number of hydrogen-bond acceptors (Lipinski definition) is 3. The van der Waals surface area contributed by atoms with E-state index in [1.165, 1.54) is 38.9 Å². The molecule has 0 aromatic heterocycles. The van der Waals surface area contributed by atoms with E-state index in [2.05, 4.69) is 23.8 Å². The first-order valence-corrected chi connectivity index (χ1v) is 7.09. The number of ketones is 1. The Bertz CT molecular complexity index is 259. The van der Waals surface area contributed by atoms with Crippen molar-refractivity contribution in [2.24, 2.45) is 5.92 Å². The van der Waals surface area contributed by atoms with Gasteiger partial charge in [-0.05, 0) is 58.8 Å². The maximum absolute atomic E-state index is 11.3. The number of nitrogens with zero attached hydrogens (tertiary/aromatic N) is 2. The maximum atomic E-state index is 11.3. The van der Waals surface area contributed by atoms with Gasteiger partial charge in [0.1, 0.15) is 5.78 Å². The highest BCUT2D eigenvalue weighted by atomic mass is 16.1. The molecule has 2 saturated heterocycles. The van der Waals surface area contributed by atoms with Crippen molar-refractivity contribution in [3.05, 3.63) is 0 Å². The summed E-state index contributed by atoms with van der Waals surface area (Å²) in [6, 6.07) is 0.475. The minimum atomic E-state index is 0.452. The highest BCUT2D eigenvalue weighted by molar-refractivity contribution is 5.79. The number of likely N-dealkylation sites (tertiary alicyclic amines) is 2. The lowest BCUT2D eigenvalue weighted by atomic mass is 9.92. The number of rotatable bonds is 3. The summed E-state index contributed by atoms with van der Waals surface area (Å²) in [4.78, 5) is 16.3. The molecule has 0 aromatic rings. The summed E-state index contributed by atoms with van der Waals surface area (Å²) >= 11 is 0. The monoisotopic (exact) mass is 238 g/mol. The van der Waals surface area contributed by atoms with E-state index in [1.807, 2.05) is 0 Å². The van der Waals surface area contributed by atoms with E-state index in [9.17, 15) is 4.79 Å². The van der Waals surface area contributed by atoms with Crippen LogP contribution in [0, 0.1) is 5.92 Å². The standard InChI is InChI=1S/C14H26N2O/c1-12-11-14(17)6-10-16(12)9-5-13-3-7-15(2)8-4-13/h12-13H,3-11H2,1-2H3. The summed E-state index contributed by atoms with van der Waals surface area (Å²) < 4.78 is 0. The van der Waals surface area contributed by atoms with Gasteiger partial charge in [-0.2, -0.15) is 0 Å². The van der Waals surface area contributed by atoms with Gasteiger partial charge >= 0.3 is 0 Å². The van der Waals surface area contributed by atoms with Crippen LogP contribution < -0.4 is 0 Å². The van der Waals surface area contributed by atoms with Gasteiger partial charge in [0.15, 0.2) is 0 Å². The van der Waals surface area contributed by atoms with Gasteiger partial charge in [-0.3, -0.25) is 9.69 Å². The topological polar surface area (TPSA) is 23.6 Å². The van der Waals surface area contributed by atoms with Crippen molar-refractivity contribution >= 4 is 5.78 Å². The summed E-state index contributed by atoms with van der Waals surface area (Å²) in [6.45, 7) is 6.92. The molecule has 0 spiro atoms. The van der Waals surface area contributed by atoms with E-state index in [1.54, 1.807) is 0 Å². The van der Waals surface area contributed by atoms with Gasteiger partial charge in [-0.15, -0.1) is 0 Å². The molecule has 0 bridgehead atoms. The molecule has 0 saturated carbocycles. The molecule has 2 aliphatic rings. The quantitative estimate of drug-likeness (QED) is 0.748. The average Bonchev–Trinajstić information content (AvgIpc) is 2.30. The van der Waals surface area contributed by atoms with Crippen molar-refractivity contribution in [2.45, 2.75) is 45.1 Å². The molecule has 0 aliphatic carbocycles. The predicted octanol–water partition coefficient (Wildman–Crippen LogP) is 1.77. The van der Waals surface area contributed by atoms with E-state index in [0.717, 1.165) is 25.3 Å². The van der Waals surface area contributed by atoms with Crippen LogP contribution in [0.2, 0.25) is 0 Å². The highest BCUT2D eigenvalue weighted by Gasteiger charge is 2.24. The molecular formula is C14H26N2O. The highest BCUT2D eigenvalue weighted by Crippen LogP contribution is 2.22. The molecule has 1 unspecified atom stereocenters. The normalized spacial score (nSPS) is 29.8. The average molecular weight is 238 g/mol. The van der Waals surface area contributed by atoms with Crippen LogP contribution in [0.5, 0.6) is 0 Å². The van der Waals surface area contributed by atoms with Crippen LogP contribution >= 0.6 is 0 Å². The fourth-order valence-electron chi connectivity index (χ4n) is 3.08. The van der Waals surface area contributed by atoms with Crippen molar-refractivity contribution in [2.75, 3.05) is 33.2 Å². The SMILES string of the molecule is CC1CC(=O)CCN1CCC1CCN(C)CC1. The molecule has 2 aliphatic heterocycles. The largest absolute Gasteiger partial charge is 0.306 e. The van der Waals surface area contributed by atoms with E-state index < -0.39 is 0 Å². The fourth-order valence-corrected chi connectivity index (χ4v) is 3.08. The molecule has 0 N–H and O–H groups in total. The Morgan fingerprint density at radius 1 is 1.24 bits per heavy atom. The molecule has 2 fully saturated rings. The zero-order valence-electron chi connectivity index (χ0n) is 11.3. The summed E-state index contributed by atoms with van der Waals surface area (Å²) in [6.07, 6.45) is 5.59. The first-order chi connectivity index (χ1) is 8.15. The lowest BCUT2D eigenvalue weighted by Gasteiger charge is -2.35. The molecule has 3 nitrogen and oxygen atoms in total. The first-order valence-electron chi connectivity index (χ1n) is 7.09. The molecule has 17 heavy (non-hydrogen) atoms. The number of hydrogen-bond donors (Lipinski definition) is 0. The minimum Gasteiger partial charge on any atom is -0.306 e. The van der Waals surface area contributed by atoms with E-state index >= 15 is 0 Å². The molecule has 2 rings (SSSR count). The van der Waals surface area contributed by atoms with Gasteiger partial charge in [0.2, 0.25) is 0 Å². The van der Waals surface area contributed by atoms with Gasteiger partial charge < -0.3 is 4.90 Å². The Hall–Kier alpha value is -0.410. The number of carbonyl (C=O) groups is 1. The molecular weight excluding hydrogens is 212 g/mol. The van der Waals surface area contributed by atoms with Gasteiger partial charge in [0.05, 0.1) is 0 Å². The molecule has 0 aromatic carbocycles. The number of piperidine rings is 2. The Balaban J connectivity index is 1.69. The second-order valence-corrected chi connectivity index (χ2v) is 5.91.